The van der Waals surface area contributed by atoms with Gasteiger partial charge in [-0.15, -0.1) is 0 Å². The summed E-state index contributed by atoms with van der Waals surface area (Å²) in [5.74, 6) is -0.231. The second-order valence-corrected chi connectivity index (χ2v) is 8.60. The first-order chi connectivity index (χ1) is 13.6. The molecule has 0 bridgehead atoms. The van der Waals surface area contributed by atoms with Crippen LogP contribution in [0.4, 0.5) is 4.79 Å². The van der Waals surface area contributed by atoms with Crippen LogP contribution in [0, 0.1) is 0 Å². The van der Waals surface area contributed by atoms with E-state index >= 15 is 0 Å². The molecule has 0 radical (unpaired) electrons. The average Bonchev–Trinajstić information content (AvgIpc) is 3.17. The number of rotatable bonds is 5. The molecule has 1 aliphatic rings. The maximum Gasteiger partial charge on any atom is 0.293 e. The molecule has 0 N–H and O–H groups in total. The lowest BCUT2D eigenvalue weighted by Crippen LogP contribution is -2.27. The lowest BCUT2D eigenvalue weighted by molar-refractivity contribution is -0.123. The summed E-state index contributed by atoms with van der Waals surface area (Å²) in [5, 5.41) is 0.868. The highest BCUT2D eigenvalue weighted by molar-refractivity contribution is 9.10. The van der Waals surface area contributed by atoms with Crippen molar-refractivity contribution in [2.45, 2.75) is 26.4 Å². The number of benzene rings is 2. The zero-order chi connectivity index (χ0) is 19.7. The molecule has 0 spiro atoms. The van der Waals surface area contributed by atoms with Gasteiger partial charge in [0.05, 0.1) is 11.4 Å². The molecule has 142 valence electrons. The first-order valence-electron chi connectivity index (χ1n) is 9.14. The molecule has 1 fully saturated rings. The van der Waals surface area contributed by atoms with Gasteiger partial charge >= 0.3 is 0 Å². The van der Waals surface area contributed by atoms with Crippen LogP contribution in [0.3, 0.4) is 0 Å². The number of carbonyl (C=O) groups is 2. The van der Waals surface area contributed by atoms with Gasteiger partial charge in [-0.1, -0.05) is 53.2 Å². The Morgan fingerprint density at radius 1 is 1.07 bits per heavy atom. The molecule has 0 atom stereocenters. The Balaban J connectivity index is 1.64. The number of hydrogen-bond donors (Lipinski definition) is 0. The maximum absolute atomic E-state index is 12.9. The number of aromatic nitrogens is 1. The minimum absolute atomic E-state index is 0.225. The number of hydrogen-bond acceptors (Lipinski definition) is 3. The van der Waals surface area contributed by atoms with Gasteiger partial charge in [-0.25, -0.2) is 0 Å². The second kappa shape index (κ2) is 7.97. The molecular formula is C22H19BrN2O2S. The maximum atomic E-state index is 12.9. The number of aryl methyl sites for hydroxylation is 1. The molecular weight excluding hydrogens is 436 g/mol. The second-order valence-electron chi connectivity index (χ2n) is 6.69. The van der Waals surface area contributed by atoms with Crippen molar-refractivity contribution in [3.05, 3.63) is 75.2 Å². The third kappa shape index (κ3) is 3.66. The third-order valence-corrected chi connectivity index (χ3v) is 6.13. The molecule has 0 unspecified atom stereocenters. The van der Waals surface area contributed by atoms with Crippen LogP contribution in [-0.4, -0.2) is 20.6 Å². The lowest BCUT2D eigenvalue weighted by Gasteiger charge is -2.12. The van der Waals surface area contributed by atoms with Crippen LogP contribution in [0.2, 0.25) is 0 Å². The highest BCUT2D eigenvalue weighted by Crippen LogP contribution is 2.35. The number of imide groups is 1. The highest BCUT2D eigenvalue weighted by atomic mass is 79.9. The van der Waals surface area contributed by atoms with Gasteiger partial charge in [0, 0.05) is 33.7 Å². The van der Waals surface area contributed by atoms with Crippen LogP contribution in [0.15, 0.2) is 64.1 Å². The van der Waals surface area contributed by atoms with E-state index in [1.54, 1.807) is 0 Å². The first-order valence-corrected chi connectivity index (χ1v) is 10.8. The molecule has 0 aliphatic carbocycles. The van der Waals surface area contributed by atoms with Crippen LogP contribution in [-0.2, 0) is 17.9 Å². The van der Waals surface area contributed by atoms with Gasteiger partial charge in [-0.3, -0.25) is 14.5 Å². The minimum Gasteiger partial charge on any atom is -0.347 e. The SMILES string of the molecule is CCCn1cc(/C=C2\SC(=O)N(Cc3ccc(Br)cc3)C2=O)c2ccccc21. The Hall–Kier alpha value is -2.31. The molecule has 1 aliphatic heterocycles. The van der Waals surface area contributed by atoms with Crippen LogP contribution in [0.25, 0.3) is 17.0 Å². The van der Waals surface area contributed by atoms with Crippen molar-refractivity contribution in [2.75, 3.05) is 0 Å². The Labute approximate surface area is 176 Å². The number of fused-ring (bicyclic) bond motifs is 1. The van der Waals surface area contributed by atoms with Gasteiger partial charge in [0.15, 0.2) is 0 Å². The summed E-state index contributed by atoms with van der Waals surface area (Å²) >= 11 is 4.41. The van der Waals surface area contributed by atoms with Crippen molar-refractivity contribution in [2.24, 2.45) is 0 Å². The molecule has 2 amide bonds. The molecule has 3 aromatic rings. The Bertz CT molecular complexity index is 1090. The fraction of sp³-hybridized carbons (Fsp3) is 0.182. The monoisotopic (exact) mass is 454 g/mol. The van der Waals surface area contributed by atoms with Crippen molar-refractivity contribution < 1.29 is 9.59 Å². The van der Waals surface area contributed by atoms with Crippen molar-refractivity contribution in [3.8, 4) is 0 Å². The van der Waals surface area contributed by atoms with Crippen molar-refractivity contribution >= 4 is 55.8 Å². The normalized spacial score (nSPS) is 15.9. The predicted octanol–water partition coefficient (Wildman–Crippen LogP) is 6.05. The number of amides is 2. The summed E-state index contributed by atoms with van der Waals surface area (Å²) in [6, 6.07) is 15.8. The first kappa shape index (κ1) is 19.0. The van der Waals surface area contributed by atoms with Gasteiger partial charge in [0.25, 0.3) is 11.1 Å². The smallest absolute Gasteiger partial charge is 0.293 e. The number of halogens is 1. The van der Waals surface area contributed by atoms with Crippen LogP contribution in [0.5, 0.6) is 0 Å². The topological polar surface area (TPSA) is 42.3 Å². The number of carbonyl (C=O) groups excluding carboxylic acids is 2. The quantitative estimate of drug-likeness (QED) is 0.440. The summed E-state index contributed by atoms with van der Waals surface area (Å²) in [6.45, 7) is 3.34. The fourth-order valence-corrected chi connectivity index (χ4v) is 4.46. The van der Waals surface area contributed by atoms with E-state index in [1.807, 2.05) is 42.5 Å². The third-order valence-electron chi connectivity index (χ3n) is 4.70. The molecule has 6 heteroatoms. The van der Waals surface area contributed by atoms with E-state index in [-0.39, 0.29) is 17.7 Å². The fourth-order valence-electron chi connectivity index (χ4n) is 3.37. The van der Waals surface area contributed by atoms with Gasteiger partial charge in [-0.05, 0) is 48.0 Å². The van der Waals surface area contributed by atoms with Crippen LogP contribution >= 0.6 is 27.7 Å². The summed E-state index contributed by atoms with van der Waals surface area (Å²) in [7, 11) is 0. The summed E-state index contributed by atoms with van der Waals surface area (Å²) in [5.41, 5.74) is 3.04. The lowest BCUT2D eigenvalue weighted by atomic mass is 10.1. The zero-order valence-electron chi connectivity index (χ0n) is 15.4. The number of thioether (sulfide) groups is 1. The molecule has 1 aromatic heterocycles. The molecule has 4 nitrogen and oxygen atoms in total. The van der Waals surface area contributed by atoms with Gasteiger partial charge in [-0.2, -0.15) is 0 Å². The van der Waals surface area contributed by atoms with Crippen molar-refractivity contribution in [1.82, 2.24) is 9.47 Å². The molecule has 4 rings (SSSR count). The van der Waals surface area contributed by atoms with E-state index in [9.17, 15) is 9.59 Å². The molecule has 1 saturated heterocycles. The largest absolute Gasteiger partial charge is 0.347 e. The molecule has 2 aromatic carbocycles. The predicted molar refractivity (Wildman–Crippen MR) is 118 cm³/mol. The summed E-state index contributed by atoms with van der Waals surface area (Å²) in [4.78, 5) is 27.1. The standard InChI is InChI=1S/C22H19BrN2O2S/c1-2-11-24-14-16(18-5-3-4-6-19(18)24)12-20-21(26)25(22(27)28-20)13-15-7-9-17(23)10-8-15/h3-10,12,14H,2,11,13H2,1H3/b20-12-. The van der Waals surface area contributed by atoms with Crippen LogP contribution < -0.4 is 0 Å². The van der Waals surface area contributed by atoms with E-state index < -0.39 is 0 Å². The van der Waals surface area contributed by atoms with E-state index in [4.69, 9.17) is 0 Å². The molecule has 28 heavy (non-hydrogen) atoms. The van der Waals surface area contributed by atoms with E-state index in [0.29, 0.717) is 4.91 Å². The summed E-state index contributed by atoms with van der Waals surface area (Å²) < 4.78 is 3.17. The van der Waals surface area contributed by atoms with E-state index in [1.165, 1.54) is 4.90 Å². The number of para-hydroxylation sites is 1. The number of nitrogens with zero attached hydrogens (tertiary/aromatic N) is 2. The van der Waals surface area contributed by atoms with Crippen molar-refractivity contribution in [1.29, 1.82) is 0 Å². The van der Waals surface area contributed by atoms with E-state index in [2.05, 4.69) is 45.8 Å². The van der Waals surface area contributed by atoms with Crippen molar-refractivity contribution in [3.63, 3.8) is 0 Å². The Morgan fingerprint density at radius 3 is 2.57 bits per heavy atom. The average molecular weight is 455 g/mol. The highest BCUT2D eigenvalue weighted by Gasteiger charge is 2.35. The van der Waals surface area contributed by atoms with E-state index in [0.717, 1.165) is 51.2 Å². The zero-order valence-corrected chi connectivity index (χ0v) is 17.8. The van der Waals surface area contributed by atoms with Gasteiger partial charge < -0.3 is 4.57 Å². The van der Waals surface area contributed by atoms with Crippen LogP contribution in [0.1, 0.15) is 24.5 Å². The summed E-state index contributed by atoms with van der Waals surface area (Å²) in [6.07, 6.45) is 4.94. The molecule has 2 heterocycles. The van der Waals surface area contributed by atoms with Gasteiger partial charge in [0.2, 0.25) is 0 Å². The Morgan fingerprint density at radius 2 is 1.82 bits per heavy atom. The molecule has 0 saturated carbocycles. The van der Waals surface area contributed by atoms with Gasteiger partial charge in [0.1, 0.15) is 0 Å². The Kier molecular flexibility index (Phi) is 5.42. The minimum atomic E-state index is -0.231.